The molecule has 0 heterocycles. The molecule has 0 aromatic carbocycles. The number of hydrogen-bond donors (Lipinski definition) is 0. The van der Waals surface area contributed by atoms with Gasteiger partial charge in [0.2, 0.25) is 0 Å². The van der Waals surface area contributed by atoms with Gasteiger partial charge in [0.1, 0.15) is 0 Å². The van der Waals surface area contributed by atoms with Crippen molar-refractivity contribution >= 4 is 0 Å². The molecule has 0 bridgehead atoms. The van der Waals surface area contributed by atoms with Crippen LogP contribution in [0.1, 0.15) is 7.43 Å². The molecule has 0 N–H and O–H groups in total. The molecule has 0 spiro atoms. The Kier molecular flexibility index (Phi) is 181. The quantitative estimate of drug-likeness (QED) is 0.505. The fourth-order valence-electron chi connectivity index (χ4n) is 0. The van der Waals surface area contributed by atoms with Gasteiger partial charge in [-0.05, 0) is 0 Å². The minimum atomic E-state index is 0. The Labute approximate surface area is 47.6 Å². The van der Waals surface area contributed by atoms with Crippen molar-refractivity contribution in [2.24, 2.45) is 0 Å². The van der Waals surface area contributed by atoms with Crippen LogP contribution < -0.4 is 0 Å². The van der Waals surface area contributed by atoms with Gasteiger partial charge in [-0.2, -0.15) is 0 Å². The molecular weight excluding hydrogens is 183 g/mol. The van der Waals surface area contributed by atoms with E-state index in [-0.39, 0.29) is 24.2 Å². The van der Waals surface area contributed by atoms with E-state index in [2.05, 4.69) is 0 Å². The summed E-state index contributed by atoms with van der Waals surface area (Å²) < 4.78 is 8.26. The third kappa shape index (κ3) is 12.0. The Hall–Kier alpha value is 0.995. The van der Waals surface area contributed by atoms with Crippen LogP contribution in [0.25, 0.3) is 0 Å². The number of rotatable bonds is 0. The Balaban J connectivity index is -0.00000000500. The Morgan fingerprint density at radius 2 is 1.25 bits per heavy atom. The second-order valence-corrected chi connectivity index (χ2v) is 0. The predicted octanol–water partition coefficient (Wildman–Crippen LogP) is 0.512. The summed E-state index contributed by atoms with van der Waals surface area (Å²) in [6.45, 7) is 0. The van der Waals surface area contributed by atoms with E-state index in [1.54, 1.807) is 0 Å². The van der Waals surface area contributed by atoms with Crippen molar-refractivity contribution in [1.82, 2.24) is 0 Å². The molecule has 0 atom stereocenters. The van der Waals surface area contributed by atoms with Crippen LogP contribution in [0.2, 0.25) is 0 Å². The fraction of sp³-hybridized carbons (Fsp3) is 1.00. The molecule has 0 fully saturated rings. The zero-order chi connectivity index (χ0) is 2.00. The van der Waals surface area contributed by atoms with Gasteiger partial charge in [0.05, 0.1) is 0 Å². The second kappa shape index (κ2) is 36.2. The molecular formula is CH4CoMoO. The third-order valence-electron chi connectivity index (χ3n) is 0. The molecule has 3 heteroatoms. The zero-order valence-electron chi connectivity index (χ0n) is 1.15. The monoisotopic (exact) mass is 189 g/mol. The molecule has 0 aliphatic carbocycles. The Morgan fingerprint density at radius 1 is 1.25 bits per heavy atom. The van der Waals surface area contributed by atoms with Crippen LogP contribution in [-0.2, 0) is 40.0 Å². The van der Waals surface area contributed by atoms with E-state index in [1.807, 2.05) is 0 Å². The van der Waals surface area contributed by atoms with Crippen LogP contribution in [-0.4, -0.2) is 0 Å². The third-order valence-corrected chi connectivity index (χ3v) is 0. The molecule has 0 rings (SSSR count). The first-order chi connectivity index (χ1) is 1.00. The zero-order valence-corrected chi connectivity index (χ0v) is 4.20. The Morgan fingerprint density at radius 3 is 1.25 bits per heavy atom. The van der Waals surface area contributed by atoms with Crippen LogP contribution in [0.4, 0.5) is 0 Å². The summed E-state index contributed by atoms with van der Waals surface area (Å²) in [6, 6.07) is 0. The number of hydrogen-bond acceptors (Lipinski definition) is 1. The van der Waals surface area contributed by atoms with Crippen LogP contribution >= 0.6 is 0 Å². The fourth-order valence-corrected chi connectivity index (χ4v) is 0. The van der Waals surface area contributed by atoms with Gasteiger partial charge in [0, 0.05) is 16.8 Å². The average Bonchev–Trinajstić information content (AvgIpc) is 1.00. The van der Waals surface area contributed by atoms with Crippen LogP contribution in [0.3, 0.4) is 0 Å². The van der Waals surface area contributed by atoms with E-state index in [9.17, 15) is 0 Å². The molecule has 0 saturated carbocycles. The van der Waals surface area contributed by atoms with Crippen LogP contribution in [0, 0.1) is 0 Å². The van der Waals surface area contributed by atoms with E-state index in [4.69, 9.17) is 3.40 Å². The van der Waals surface area contributed by atoms with Gasteiger partial charge in [-0.1, -0.05) is 7.43 Å². The molecule has 4 heavy (non-hydrogen) atoms. The SMILES string of the molecule is C.[Co].[O]=[Mo]. The predicted molar refractivity (Wildman–Crippen MR) is 7.42 cm³/mol. The summed E-state index contributed by atoms with van der Waals surface area (Å²) in [4.78, 5) is 0. The molecule has 0 amide bonds. The van der Waals surface area contributed by atoms with E-state index in [1.165, 1.54) is 0 Å². The van der Waals surface area contributed by atoms with Crippen LogP contribution in [0.5, 0.6) is 0 Å². The molecule has 1 nitrogen and oxygen atoms in total. The van der Waals surface area contributed by atoms with Gasteiger partial charge in [-0.3, -0.25) is 0 Å². The van der Waals surface area contributed by atoms with Crippen molar-refractivity contribution in [3.8, 4) is 0 Å². The molecule has 0 aromatic rings. The standard InChI is InChI=1S/CH4.Co.Mo.O/h1H4;;;. The first kappa shape index (κ1) is 20.0. The summed E-state index contributed by atoms with van der Waals surface area (Å²) in [7, 11) is 0. The van der Waals surface area contributed by atoms with Gasteiger partial charge in [-0.15, -0.1) is 0 Å². The van der Waals surface area contributed by atoms with Gasteiger partial charge in [0.25, 0.3) is 0 Å². The first-order valence-corrected chi connectivity index (χ1v) is 0.986. The molecule has 0 saturated heterocycles. The summed E-state index contributed by atoms with van der Waals surface area (Å²) in [6.07, 6.45) is 0. The van der Waals surface area contributed by atoms with Gasteiger partial charge in [0.15, 0.2) is 0 Å². The van der Waals surface area contributed by atoms with E-state index in [0.29, 0.717) is 19.8 Å². The summed E-state index contributed by atoms with van der Waals surface area (Å²) >= 11 is 0.700. The Bertz CT molecular complexity index is 8.00. The van der Waals surface area contributed by atoms with Crippen molar-refractivity contribution in [3.05, 3.63) is 0 Å². The normalized spacial score (nSPS) is 1.00. The molecule has 1 radical (unpaired) electrons. The topological polar surface area (TPSA) is 17.1 Å². The van der Waals surface area contributed by atoms with Crippen molar-refractivity contribution in [2.75, 3.05) is 0 Å². The van der Waals surface area contributed by atoms with E-state index < -0.39 is 0 Å². The molecule has 0 unspecified atom stereocenters. The van der Waals surface area contributed by atoms with Gasteiger partial charge in [-0.25, -0.2) is 0 Å². The first-order valence-electron chi connectivity index (χ1n) is 0.167. The average molecular weight is 187 g/mol. The summed E-state index contributed by atoms with van der Waals surface area (Å²) in [5, 5.41) is 0. The van der Waals surface area contributed by atoms with Crippen molar-refractivity contribution in [2.45, 2.75) is 7.43 Å². The summed E-state index contributed by atoms with van der Waals surface area (Å²) in [5.74, 6) is 0. The maximum absolute atomic E-state index is 8.26. The van der Waals surface area contributed by atoms with Crippen molar-refractivity contribution < 1.29 is 40.0 Å². The van der Waals surface area contributed by atoms with Gasteiger partial charge < -0.3 is 0 Å². The molecule has 0 aromatic heterocycles. The van der Waals surface area contributed by atoms with Crippen LogP contribution in [0.15, 0.2) is 0 Å². The second-order valence-electron chi connectivity index (χ2n) is 0. The minimum absolute atomic E-state index is 0. The molecule has 0 aliphatic rings. The van der Waals surface area contributed by atoms with E-state index in [0.717, 1.165) is 0 Å². The molecule has 29 valence electrons. The van der Waals surface area contributed by atoms with Crippen molar-refractivity contribution in [1.29, 1.82) is 0 Å². The summed E-state index contributed by atoms with van der Waals surface area (Å²) in [5.41, 5.74) is 0. The van der Waals surface area contributed by atoms with Crippen molar-refractivity contribution in [3.63, 3.8) is 0 Å². The van der Waals surface area contributed by atoms with Gasteiger partial charge >= 0.3 is 23.2 Å². The van der Waals surface area contributed by atoms with E-state index >= 15 is 0 Å². The molecule has 0 aliphatic heterocycles. The maximum atomic E-state index is 8.26.